The first-order chi connectivity index (χ1) is 14.1. The Morgan fingerprint density at radius 3 is 2.57 bits per heavy atom. The topological polar surface area (TPSA) is 132 Å². The first kappa shape index (κ1) is 22.1. The zero-order valence-electron chi connectivity index (χ0n) is 16.6. The molecule has 12 heteroatoms. The molecule has 1 saturated heterocycles. The number of aryl methyl sites for hydroxylation is 1. The van der Waals surface area contributed by atoms with Gasteiger partial charge in [-0.05, 0) is 24.8 Å². The molecule has 1 aliphatic rings. The summed E-state index contributed by atoms with van der Waals surface area (Å²) in [7, 11) is -2.32. The van der Waals surface area contributed by atoms with E-state index in [9.17, 15) is 28.1 Å². The van der Waals surface area contributed by atoms with Crippen LogP contribution in [0.3, 0.4) is 0 Å². The first-order valence-corrected chi connectivity index (χ1v) is 12.0. The summed E-state index contributed by atoms with van der Waals surface area (Å²) < 4.78 is 26.8. The fraction of sp³-hybridized carbons (Fsp3) is 0.500. The van der Waals surface area contributed by atoms with Crippen molar-refractivity contribution in [3.8, 4) is 0 Å². The minimum absolute atomic E-state index is 0.0876. The lowest BCUT2D eigenvalue weighted by Crippen LogP contribution is -2.41. The van der Waals surface area contributed by atoms with E-state index in [1.54, 1.807) is 17.7 Å². The summed E-state index contributed by atoms with van der Waals surface area (Å²) in [6.45, 7) is 3.14. The normalized spacial score (nSPS) is 16.2. The number of aromatic nitrogens is 1. The highest BCUT2D eigenvalue weighted by atomic mass is 32.2. The van der Waals surface area contributed by atoms with Crippen molar-refractivity contribution in [2.24, 2.45) is 18.0 Å². The molecule has 2 amide bonds. The van der Waals surface area contributed by atoms with Crippen molar-refractivity contribution in [3.05, 3.63) is 33.1 Å². The van der Waals surface area contributed by atoms with Crippen LogP contribution < -0.4 is 4.80 Å². The van der Waals surface area contributed by atoms with Gasteiger partial charge in [0.15, 0.2) is 14.6 Å². The minimum atomic E-state index is -3.95. The molecule has 0 saturated carbocycles. The van der Waals surface area contributed by atoms with Gasteiger partial charge < -0.3 is 9.47 Å². The molecule has 10 nitrogen and oxygen atoms in total. The molecular weight excluding hydrogens is 432 g/mol. The van der Waals surface area contributed by atoms with Gasteiger partial charge >= 0.3 is 0 Å². The lowest BCUT2D eigenvalue weighted by molar-refractivity contribution is -0.384. The van der Waals surface area contributed by atoms with E-state index in [0.717, 1.165) is 24.2 Å². The van der Waals surface area contributed by atoms with E-state index in [0.29, 0.717) is 29.2 Å². The van der Waals surface area contributed by atoms with Crippen molar-refractivity contribution in [2.75, 3.05) is 24.6 Å². The molecule has 3 rings (SSSR count). The van der Waals surface area contributed by atoms with Crippen molar-refractivity contribution in [3.63, 3.8) is 0 Å². The van der Waals surface area contributed by atoms with Crippen molar-refractivity contribution in [1.82, 2.24) is 9.47 Å². The number of amides is 2. The van der Waals surface area contributed by atoms with Gasteiger partial charge in [0, 0.05) is 32.3 Å². The zero-order valence-corrected chi connectivity index (χ0v) is 18.2. The summed E-state index contributed by atoms with van der Waals surface area (Å²) in [5.74, 6) is -2.44. The highest BCUT2D eigenvalue weighted by Gasteiger charge is 2.26. The Hall–Kier alpha value is -2.60. The van der Waals surface area contributed by atoms with Crippen molar-refractivity contribution >= 4 is 48.9 Å². The SMILES string of the molecule is CC1CCN(C(=O)CS(=O)(=O)CC(=O)N=c2sc3cc([N+](=O)[O-])ccc3n2C)CC1. The van der Waals surface area contributed by atoms with Gasteiger partial charge in [-0.3, -0.25) is 19.7 Å². The second-order valence-corrected chi connectivity index (χ2v) is 10.5. The quantitative estimate of drug-likeness (QED) is 0.493. The summed E-state index contributed by atoms with van der Waals surface area (Å²) in [6, 6.07) is 4.26. The highest BCUT2D eigenvalue weighted by molar-refractivity contribution is 7.92. The third-order valence-electron chi connectivity index (χ3n) is 5.05. The summed E-state index contributed by atoms with van der Waals surface area (Å²) in [4.78, 5) is 40.5. The van der Waals surface area contributed by atoms with E-state index in [2.05, 4.69) is 11.9 Å². The number of fused-ring (bicyclic) bond motifs is 1. The summed E-state index contributed by atoms with van der Waals surface area (Å²) >= 11 is 1.05. The lowest BCUT2D eigenvalue weighted by atomic mass is 9.99. The maximum Gasteiger partial charge on any atom is 0.270 e. The number of piperidine rings is 1. The molecule has 1 aromatic carbocycles. The largest absolute Gasteiger partial charge is 0.342 e. The smallest absolute Gasteiger partial charge is 0.270 e. The number of benzene rings is 1. The van der Waals surface area contributed by atoms with Gasteiger partial charge in [-0.2, -0.15) is 4.99 Å². The van der Waals surface area contributed by atoms with Gasteiger partial charge in [-0.25, -0.2) is 8.42 Å². The predicted molar refractivity (Wildman–Crippen MR) is 112 cm³/mol. The number of carbonyl (C=O) groups excluding carboxylic acids is 2. The maximum absolute atomic E-state index is 12.3. The highest BCUT2D eigenvalue weighted by Crippen LogP contribution is 2.22. The number of rotatable bonds is 5. The van der Waals surface area contributed by atoms with Crippen LogP contribution in [-0.4, -0.2) is 59.2 Å². The van der Waals surface area contributed by atoms with Gasteiger partial charge in [0.25, 0.3) is 11.6 Å². The number of sulfone groups is 1. The Labute approximate surface area is 176 Å². The number of likely N-dealkylation sites (tertiary alicyclic amines) is 1. The van der Waals surface area contributed by atoms with Crippen molar-refractivity contribution in [1.29, 1.82) is 0 Å². The van der Waals surface area contributed by atoms with Gasteiger partial charge in [0.05, 0.1) is 15.1 Å². The predicted octanol–water partition coefficient (Wildman–Crippen LogP) is 1.25. The standard InChI is InChI=1S/C18H22N4O6S2/c1-12-5-7-21(8-6-12)17(24)11-30(27,28)10-16(23)19-18-20(2)14-4-3-13(22(25)26)9-15(14)29-18/h3-4,9,12H,5-8,10-11H2,1-2H3. The molecule has 2 aromatic rings. The van der Waals surface area contributed by atoms with Crippen LogP contribution in [0.4, 0.5) is 5.69 Å². The van der Waals surface area contributed by atoms with E-state index in [-0.39, 0.29) is 10.5 Å². The van der Waals surface area contributed by atoms with Gasteiger partial charge in [-0.15, -0.1) is 0 Å². The number of nitrogens with zero attached hydrogens (tertiary/aromatic N) is 4. The van der Waals surface area contributed by atoms with E-state index in [4.69, 9.17) is 0 Å². The first-order valence-electron chi connectivity index (χ1n) is 9.35. The molecule has 0 radical (unpaired) electrons. The zero-order chi connectivity index (χ0) is 22.1. The molecule has 162 valence electrons. The lowest BCUT2D eigenvalue weighted by Gasteiger charge is -2.30. The summed E-state index contributed by atoms with van der Waals surface area (Å²) in [5, 5.41) is 10.9. The fourth-order valence-corrected chi connectivity index (χ4v) is 5.43. The number of hydrogen-bond acceptors (Lipinski definition) is 7. The average molecular weight is 455 g/mol. The van der Waals surface area contributed by atoms with Crippen LogP contribution in [-0.2, 0) is 26.5 Å². The minimum Gasteiger partial charge on any atom is -0.342 e. The fourth-order valence-electron chi connectivity index (χ4n) is 3.26. The van der Waals surface area contributed by atoms with Gasteiger partial charge in [-0.1, -0.05) is 18.3 Å². The molecule has 1 aliphatic heterocycles. The number of nitro benzene ring substituents is 1. The number of nitro groups is 1. The van der Waals surface area contributed by atoms with Crippen LogP contribution in [0.2, 0.25) is 0 Å². The summed E-state index contributed by atoms with van der Waals surface area (Å²) in [5.41, 5.74) is 0.546. The Morgan fingerprint density at radius 2 is 1.93 bits per heavy atom. The summed E-state index contributed by atoms with van der Waals surface area (Å²) in [6.07, 6.45) is 1.67. The Kier molecular flexibility index (Phi) is 6.36. The molecule has 2 heterocycles. The molecule has 0 bridgehead atoms. The van der Waals surface area contributed by atoms with Gasteiger partial charge in [0.1, 0.15) is 11.5 Å². The van der Waals surface area contributed by atoms with E-state index in [1.807, 2.05) is 0 Å². The second kappa shape index (κ2) is 8.64. The van der Waals surface area contributed by atoms with Crippen molar-refractivity contribution in [2.45, 2.75) is 19.8 Å². The number of non-ortho nitro benzene ring substituents is 1. The van der Waals surface area contributed by atoms with E-state index < -0.39 is 38.1 Å². The van der Waals surface area contributed by atoms with E-state index in [1.165, 1.54) is 17.0 Å². The van der Waals surface area contributed by atoms with Crippen LogP contribution in [0.25, 0.3) is 10.2 Å². The van der Waals surface area contributed by atoms with Crippen LogP contribution in [0.15, 0.2) is 23.2 Å². The molecule has 0 spiro atoms. The molecule has 0 unspecified atom stereocenters. The molecule has 1 aromatic heterocycles. The number of hydrogen-bond donors (Lipinski definition) is 0. The third kappa shape index (κ3) is 5.11. The van der Waals surface area contributed by atoms with Crippen LogP contribution >= 0.6 is 11.3 Å². The van der Waals surface area contributed by atoms with Crippen molar-refractivity contribution < 1.29 is 22.9 Å². The Balaban J connectivity index is 1.73. The molecular formula is C18H22N4O6S2. The van der Waals surface area contributed by atoms with Crippen LogP contribution in [0.1, 0.15) is 19.8 Å². The third-order valence-corrected chi connectivity index (χ3v) is 7.52. The number of thiazole rings is 1. The monoisotopic (exact) mass is 454 g/mol. The molecule has 1 fully saturated rings. The van der Waals surface area contributed by atoms with Crippen LogP contribution in [0.5, 0.6) is 0 Å². The molecule has 0 atom stereocenters. The molecule has 0 aliphatic carbocycles. The average Bonchev–Trinajstić information content (AvgIpc) is 2.96. The number of carbonyl (C=O) groups is 2. The van der Waals surface area contributed by atoms with Crippen LogP contribution in [0, 0.1) is 16.0 Å². The van der Waals surface area contributed by atoms with E-state index >= 15 is 0 Å². The molecule has 30 heavy (non-hydrogen) atoms. The van der Waals surface area contributed by atoms with Gasteiger partial charge in [0.2, 0.25) is 5.91 Å². The maximum atomic E-state index is 12.3. The Bertz CT molecular complexity index is 1170. The second-order valence-electron chi connectivity index (χ2n) is 7.45. The molecule has 0 N–H and O–H groups in total. The Morgan fingerprint density at radius 1 is 1.27 bits per heavy atom.